The first-order valence-corrected chi connectivity index (χ1v) is 10.6. The number of likely N-dealkylation sites (tertiary alicyclic amines) is 1. The minimum Gasteiger partial charge on any atom is -0.347 e. The second kappa shape index (κ2) is 8.01. The van der Waals surface area contributed by atoms with Crippen molar-refractivity contribution in [2.45, 2.75) is 62.8 Å². The van der Waals surface area contributed by atoms with Gasteiger partial charge in [-0.25, -0.2) is 0 Å². The van der Waals surface area contributed by atoms with Crippen molar-refractivity contribution in [2.24, 2.45) is 0 Å². The van der Waals surface area contributed by atoms with Crippen molar-refractivity contribution in [1.82, 2.24) is 10.2 Å². The van der Waals surface area contributed by atoms with E-state index >= 15 is 0 Å². The zero-order valence-electron chi connectivity index (χ0n) is 16.2. The molecule has 2 heterocycles. The number of piperidine rings is 1. The Hall–Kier alpha value is -1.88. The standard InChI is InChI=1S/C22H31N3O2/c26-17-23-20-6-5-15-25(21(20)27)19-9-7-18(8-10-19)22(11-1-2-12-22)16-24-13-3-4-14-24/h7-10,17,20H,1-6,11-16H2,(H,23,26). The van der Waals surface area contributed by atoms with Crippen LogP contribution in [-0.4, -0.2) is 49.4 Å². The van der Waals surface area contributed by atoms with E-state index in [9.17, 15) is 9.59 Å². The Bertz CT molecular complexity index is 661. The van der Waals surface area contributed by atoms with Gasteiger partial charge in [-0.3, -0.25) is 9.59 Å². The first-order valence-electron chi connectivity index (χ1n) is 10.6. The first-order chi connectivity index (χ1) is 13.2. The van der Waals surface area contributed by atoms with Crippen molar-refractivity contribution >= 4 is 18.0 Å². The molecule has 0 bridgehead atoms. The van der Waals surface area contributed by atoms with Crippen LogP contribution in [0.15, 0.2) is 24.3 Å². The summed E-state index contributed by atoms with van der Waals surface area (Å²) in [7, 11) is 0. The third-order valence-electron chi connectivity index (χ3n) is 6.78. The second-order valence-corrected chi connectivity index (χ2v) is 8.49. The SMILES string of the molecule is O=CNC1CCCN(c2ccc(C3(CN4CCCC4)CCCC3)cc2)C1=O. The Balaban J connectivity index is 1.52. The van der Waals surface area contributed by atoms with Gasteiger partial charge in [-0.05, 0) is 69.3 Å². The molecule has 1 atom stereocenters. The van der Waals surface area contributed by atoms with Gasteiger partial charge in [0.15, 0.2) is 0 Å². The van der Waals surface area contributed by atoms with Crippen LogP contribution in [0.2, 0.25) is 0 Å². The summed E-state index contributed by atoms with van der Waals surface area (Å²) in [5.74, 6) is 0.00810. The maximum absolute atomic E-state index is 12.6. The highest BCUT2D eigenvalue weighted by molar-refractivity contribution is 5.98. The van der Waals surface area contributed by atoms with Crippen LogP contribution in [-0.2, 0) is 15.0 Å². The average molecular weight is 370 g/mol. The normalized spacial score (nSPS) is 25.7. The van der Waals surface area contributed by atoms with Crippen molar-refractivity contribution in [3.63, 3.8) is 0 Å². The smallest absolute Gasteiger partial charge is 0.249 e. The molecule has 1 N–H and O–H groups in total. The minimum atomic E-state index is -0.382. The molecule has 1 aliphatic carbocycles. The van der Waals surface area contributed by atoms with E-state index in [1.165, 1.54) is 63.7 Å². The number of hydrogen-bond acceptors (Lipinski definition) is 3. The summed E-state index contributed by atoms with van der Waals surface area (Å²) in [5, 5.41) is 2.66. The van der Waals surface area contributed by atoms with Crippen molar-refractivity contribution in [3.8, 4) is 0 Å². The van der Waals surface area contributed by atoms with E-state index in [-0.39, 0.29) is 17.4 Å². The molecule has 1 aromatic rings. The molecule has 146 valence electrons. The molecule has 0 spiro atoms. The van der Waals surface area contributed by atoms with E-state index in [4.69, 9.17) is 0 Å². The fourth-order valence-electron chi connectivity index (χ4n) is 5.32. The summed E-state index contributed by atoms with van der Waals surface area (Å²) in [5.41, 5.74) is 2.68. The molecule has 2 aliphatic heterocycles. The minimum absolute atomic E-state index is 0.00810. The molecule has 2 saturated heterocycles. The third kappa shape index (κ3) is 3.75. The van der Waals surface area contributed by atoms with Crippen LogP contribution in [0.3, 0.4) is 0 Å². The highest BCUT2D eigenvalue weighted by Gasteiger charge is 2.38. The van der Waals surface area contributed by atoms with Crippen molar-refractivity contribution in [1.29, 1.82) is 0 Å². The quantitative estimate of drug-likeness (QED) is 0.785. The van der Waals surface area contributed by atoms with Gasteiger partial charge in [-0.2, -0.15) is 0 Å². The molecule has 5 nitrogen and oxygen atoms in total. The summed E-state index contributed by atoms with van der Waals surface area (Å²) in [6.45, 7) is 4.40. The molecular formula is C22H31N3O2. The van der Waals surface area contributed by atoms with Crippen LogP contribution in [0.1, 0.15) is 56.9 Å². The van der Waals surface area contributed by atoms with E-state index in [0.29, 0.717) is 6.41 Å². The van der Waals surface area contributed by atoms with Gasteiger partial charge in [0.2, 0.25) is 12.3 Å². The van der Waals surface area contributed by atoms with Gasteiger partial charge in [-0.1, -0.05) is 25.0 Å². The molecule has 5 heteroatoms. The number of hydrogen-bond donors (Lipinski definition) is 1. The van der Waals surface area contributed by atoms with Crippen LogP contribution < -0.4 is 10.2 Å². The summed E-state index contributed by atoms with van der Waals surface area (Å²) in [6.07, 6.45) is 10.1. The molecule has 0 aromatic heterocycles. The number of carbonyl (C=O) groups excluding carboxylic acids is 2. The number of nitrogens with zero attached hydrogens (tertiary/aromatic N) is 2. The van der Waals surface area contributed by atoms with Gasteiger partial charge in [0.25, 0.3) is 0 Å². The summed E-state index contributed by atoms with van der Waals surface area (Å²) in [6, 6.07) is 8.34. The van der Waals surface area contributed by atoms with Gasteiger partial charge >= 0.3 is 0 Å². The number of carbonyl (C=O) groups is 2. The number of anilines is 1. The van der Waals surface area contributed by atoms with Crippen LogP contribution in [0.25, 0.3) is 0 Å². The van der Waals surface area contributed by atoms with Gasteiger partial charge in [-0.15, -0.1) is 0 Å². The Labute approximate surface area is 162 Å². The highest BCUT2D eigenvalue weighted by atomic mass is 16.2. The molecular weight excluding hydrogens is 338 g/mol. The predicted molar refractivity (Wildman–Crippen MR) is 107 cm³/mol. The summed E-state index contributed by atoms with van der Waals surface area (Å²) < 4.78 is 0. The molecule has 4 rings (SSSR count). The van der Waals surface area contributed by atoms with Gasteiger partial charge in [0.1, 0.15) is 6.04 Å². The van der Waals surface area contributed by atoms with Crippen LogP contribution in [0.4, 0.5) is 5.69 Å². The van der Waals surface area contributed by atoms with E-state index in [0.717, 1.165) is 25.1 Å². The Morgan fingerprint density at radius 3 is 2.37 bits per heavy atom. The second-order valence-electron chi connectivity index (χ2n) is 8.49. The van der Waals surface area contributed by atoms with E-state index in [1.54, 1.807) is 0 Å². The first kappa shape index (κ1) is 18.5. The van der Waals surface area contributed by atoms with E-state index in [2.05, 4.69) is 34.5 Å². The van der Waals surface area contributed by atoms with Gasteiger partial charge in [0, 0.05) is 24.2 Å². The number of rotatable bonds is 6. The fourth-order valence-corrected chi connectivity index (χ4v) is 5.32. The monoisotopic (exact) mass is 369 g/mol. The van der Waals surface area contributed by atoms with Crippen molar-refractivity contribution < 1.29 is 9.59 Å². The van der Waals surface area contributed by atoms with Gasteiger partial charge < -0.3 is 15.1 Å². The van der Waals surface area contributed by atoms with Crippen molar-refractivity contribution in [3.05, 3.63) is 29.8 Å². The van der Waals surface area contributed by atoms with Crippen LogP contribution in [0, 0.1) is 0 Å². The lowest BCUT2D eigenvalue weighted by Gasteiger charge is -2.35. The maximum Gasteiger partial charge on any atom is 0.249 e. The molecule has 1 aromatic carbocycles. The summed E-state index contributed by atoms with van der Waals surface area (Å²) in [4.78, 5) is 27.9. The summed E-state index contributed by atoms with van der Waals surface area (Å²) >= 11 is 0. The Morgan fingerprint density at radius 2 is 1.70 bits per heavy atom. The molecule has 27 heavy (non-hydrogen) atoms. The molecule has 1 unspecified atom stereocenters. The Kier molecular flexibility index (Phi) is 5.48. The number of benzene rings is 1. The van der Waals surface area contributed by atoms with Gasteiger partial charge in [0.05, 0.1) is 0 Å². The fraction of sp³-hybridized carbons (Fsp3) is 0.636. The molecule has 0 radical (unpaired) electrons. The molecule has 2 amide bonds. The van der Waals surface area contributed by atoms with Crippen molar-refractivity contribution in [2.75, 3.05) is 31.1 Å². The van der Waals surface area contributed by atoms with Crippen LogP contribution in [0.5, 0.6) is 0 Å². The zero-order valence-corrected chi connectivity index (χ0v) is 16.2. The number of nitrogens with one attached hydrogen (secondary N) is 1. The molecule has 1 saturated carbocycles. The number of amides is 2. The van der Waals surface area contributed by atoms with Crippen LogP contribution >= 0.6 is 0 Å². The Morgan fingerprint density at radius 1 is 1.00 bits per heavy atom. The van der Waals surface area contributed by atoms with E-state index in [1.807, 2.05) is 4.90 Å². The molecule has 3 aliphatic rings. The maximum atomic E-state index is 12.6. The topological polar surface area (TPSA) is 52.7 Å². The lowest BCUT2D eigenvalue weighted by Crippen LogP contribution is -2.50. The average Bonchev–Trinajstić information content (AvgIpc) is 3.37. The predicted octanol–water partition coefficient (Wildman–Crippen LogP) is 2.84. The lowest BCUT2D eigenvalue weighted by molar-refractivity contribution is -0.124. The zero-order chi connectivity index (χ0) is 18.7. The third-order valence-corrected chi connectivity index (χ3v) is 6.78. The largest absolute Gasteiger partial charge is 0.347 e. The highest BCUT2D eigenvalue weighted by Crippen LogP contribution is 2.42. The molecule has 3 fully saturated rings. The van der Waals surface area contributed by atoms with E-state index < -0.39 is 0 Å². The lowest BCUT2D eigenvalue weighted by atomic mass is 9.78.